The molecular formula is C15H21ClN2O2. The van der Waals surface area contributed by atoms with E-state index in [9.17, 15) is 4.79 Å². The summed E-state index contributed by atoms with van der Waals surface area (Å²) >= 11 is 5.86. The van der Waals surface area contributed by atoms with Gasteiger partial charge in [0.15, 0.2) is 0 Å². The molecule has 2 rings (SSSR count). The second-order valence-electron chi connectivity index (χ2n) is 5.43. The van der Waals surface area contributed by atoms with Gasteiger partial charge < -0.3 is 15.7 Å². The molecule has 5 heteroatoms. The number of hydrogen-bond donors (Lipinski definition) is 3. The Labute approximate surface area is 124 Å². The molecule has 2 unspecified atom stereocenters. The lowest BCUT2D eigenvalue weighted by Crippen LogP contribution is -2.37. The minimum absolute atomic E-state index is 0.139. The van der Waals surface area contributed by atoms with Crippen molar-refractivity contribution in [3.8, 4) is 0 Å². The zero-order valence-corrected chi connectivity index (χ0v) is 12.4. The molecule has 1 aromatic carbocycles. The molecule has 0 aliphatic carbocycles. The number of piperidine rings is 1. The van der Waals surface area contributed by atoms with Crippen LogP contribution < -0.4 is 10.6 Å². The molecule has 1 saturated heterocycles. The van der Waals surface area contributed by atoms with Crippen LogP contribution in [-0.4, -0.2) is 29.7 Å². The van der Waals surface area contributed by atoms with Crippen molar-refractivity contribution < 1.29 is 9.90 Å². The van der Waals surface area contributed by atoms with Gasteiger partial charge in [0.25, 0.3) is 0 Å². The lowest BCUT2D eigenvalue weighted by Gasteiger charge is -2.27. The van der Waals surface area contributed by atoms with Gasteiger partial charge in [-0.05, 0) is 50.9 Å². The second-order valence-corrected chi connectivity index (χ2v) is 5.83. The minimum Gasteiger partial charge on any atom is -0.478 e. The molecule has 1 fully saturated rings. The maximum atomic E-state index is 11.1. The van der Waals surface area contributed by atoms with Crippen molar-refractivity contribution >= 4 is 23.3 Å². The van der Waals surface area contributed by atoms with Gasteiger partial charge in [0, 0.05) is 17.8 Å². The number of nitrogens with one attached hydrogen (secondary N) is 2. The molecular weight excluding hydrogens is 276 g/mol. The van der Waals surface area contributed by atoms with E-state index in [4.69, 9.17) is 16.7 Å². The predicted molar refractivity (Wildman–Crippen MR) is 81.8 cm³/mol. The number of carboxylic acid groups (broad SMARTS) is 1. The molecule has 1 aliphatic heterocycles. The highest BCUT2D eigenvalue weighted by Crippen LogP contribution is 2.22. The average molecular weight is 297 g/mol. The van der Waals surface area contributed by atoms with Crippen molar-refractivity contribution in [2.45, 2.75) is 44.7 Å². The van der Waals surface area contributed by atoms with Crippen molar-refractivity contribution in [1.82, 2.24) is 5.32 Å². The standard InChI is InChI=1S/C15H21ClN2O2/c1-10(8-11-4-2-3-7-17-11)18-12-5-6-14(16)13(9-12)15(19)20/h5-6,9-11,17-18H,2-4,7-8H2,1H3,(H,19,20). The molecule has 0 amide bonds. The fraction of sp³-hybridized carbons (Fsp3) is 0.533. The summed E-state index contributed by atoms with van der Waals surface area (Å²) in [7, 11) is 0. The number of hydrogen-bond acceptors (Lipinski definition) is 3. The van der Waals surface area contributed by atoms with Crippen LogP contribution in [-0.2, 0) is 0 Å². The molecule has 4 nitrogen and oxygen atoms in total. The van der Waals surface area contributed by atoms with E-state index in [0.29, 0.717) is 6.04 Å². The molecule has 2 atom stereocenters. The third kappa shape index (κ3) is 4.12. The van der Waals surface area contributed by atoms with Crippen LogP contribution in [0.3, 0.4) is 0 Å². The lowest BCUT2D eigenvalue weighted by atomic mass is 9.98. The highest BCUT2D eigenvalue weighted by molar-refractivity contribution is 6.33. The smallest absolute Gasteiger partial charge is 0.337 e. The SMILES string of the molecule is CC(CC1CCCCN1)Nc1ccc(Cl)c(C(=O)O)c1. The van der Waals surface area contributed by atoms with Crippen molar-refractivity contribution in [3.05, 3.63) is 28.8 Å². The van der Waals surface area contributed by atoms with Crippen LogP contribution in [0.5, 0.6) is 0 Å². The Balaban J connectivity index is 1.95. The zero-order valence-electron chi connectivity index (χ0n) is 11.7. The molecule has 0 radical (unpaired) electrons. The van der Waals surface area contributed by atoms with Crippen molar-refractivity contribution in [3.63, 3.8) is 0 Å². The van der Waals surface area contributed by atoms with Gasteiger partial charge >= 0.3 is 5.97 Å². The maximum absolute atomic E-state index is 11.1. The van der Waals surface area contributed by atoms with Crippen LogP contribution in [0.2, 0.25) is 5.02 Å². The van der Waals surface area contributed by atoms with E-state index in [1.807, 2.05) is 6.07 Å². The predicted octanol–water partition coefficient (Wildman–Crippen LogP) is 3.37. The van der Waals surface area contributed by atoms with Gasteiger partial charge in [-0.25, -0.2) is 4.79 Å². The monoisotopic (exact) mass is 296 g/mol. The molecule has 1 heterocycles. The normalized spacial score (nSPS) is 20.4. The maximum Gasteiger partial charge on any atom is 0.337 e. The zero-order chi connectivity index (χ0) is 14.5. The fourth-order valence-electron chi connectivity index (χ4n) is 2.67. The van der Waals surface area contributed by atoms with Crippen LogP contribution in [0.4, 0.5) is 5.69 Å². The number of carbonyl (C=O) groups is 1. The number of anilines is 1. The summed E-state index contributed by atoms with van der Waals surface area (Å²) in [6, 6.07) is 5.87. The second kappa shape index (κ2) is 6.95. The Hall–Kier alpha value is -1.26. The molecule has 0 spiro atoms. The molecule has 0 bridgehead atoms. The molecule has 0 saturated carbocycles. The van der Waals surface area contributed by atoms with Crippen LogP contribution in [0, 0.1) is 0 Å². The van der Waals surface area contributed by atoms with Gasteiger partial charge in [0.1, 0.15) is 0 Å². The summed E-state index contributed by atoms with van der Waals surface area (Å²) in [6.07, 6.45) is 4.80. The van der Waals surface area contributed by atoms with Gasteiger partial charge in [-0.1, -0.05) is 18.0 Å². The van der Waals surface area contributed by atoms with Gasteiger partial charge in [0.05, 0.1) is 10.6 Å². The highest BCUT2D eigenvalue weighted by Gasteiger charge is 2.16. The van der Waals surface area contributed by atoms with Crippen LogP contribution in [0.15, 0.2) is 18.2 Å². The van der Waals surface area contributed by atoms with Gasteiger partial charge in [-0.15, -0.1) is 0 Å². The van der Waals surface area contributed by atoms with Crippen molar-refractivity contribution in [1.29, 1.82) is 0 Å². The first-order valence-electron chi connectivity index (χ1n) is 7.09. The third-order valence-electron chi connectivity index (χ3n) is 3.66. The lowest BCUT2D eigenvalue weighted by molar-refractivity contribution is 0.0697. The van der Waals surface area contributed by atoms with E-state index >= 15 is 0 Å². The molecule has 3 N–H and O–H groups in total. The molecule has 1 aromatic rings. The number of rotatable bonds is 5. The molecule has 110 valence electrons. The first-order valence-corrected chi connectivity index (χ1v) is 7.47. The van der Waals surface area contributed by atoms with Gasteiger partial charge in [-0.3, -0.25) is 0 Å². The van der Waals surface area contributed by atoms with Crippen LogP contribution in [0.25, 0.3) is 0 Å². The number of carboxylic acids is 1. The molecule has 0 aromatic heterocycles. The Kier molecular flexibility index (Phi) is 5.26. The van der Waals surface area contributed by atoms with E-state index < -0.39 is 5.97 Å². The Morgan fingerprint density at radius 1 is 1.55 bits per heavy atom. The Morgan fingerprint density at radius 3 is 3.00 bits per heavy atom. The summed E-state index contributed by atoms with van der Waals surface area (Å²) in [4.78, 5) is 11.1. The van der Waals surface area contributed by atoms with Crippen LogP contribution in [0.1, 0.15) is 43.0 Å². The Morgan fingerprint density at radius 2 is 2.35 bits per heavy atom. The average Bonchev–Trinajstić information content (AvgIpc) is 2.41. The van der Waals surface area contributed by atoms with Crippen LogP contribution >= 0.6 is 11.6 Å². The largest absolute Gasteiger partial charge is 0.478 e. The van der Waals surface area contributed by atoms with E-state index in [1.54, 1.807) is 12.1 Å². The molecule has 1 aliphatic rings. The highest BCUT2D eigenvalue weighted by atomic mass is 35.5. The fourth-order valence-corrected chi connectivity index (χ4v) is 2.87. The van der Waals surface area contributed by atoms with E-state index in [-0.39, 0.29) is 16.6 Å². The topological polar surface area (TPSA) is 61.4 Å². The summed E-state index contributed by atoms with van der Waals surface area (Å²) in [6.45, 7) is 3.22. The Bertz CT molecular complexity index is 473. The third-order valence-corrected chi connectivity index (χ3v) is 3.99. The minimum atomic E-state index is -1.000. The van der Waals surface area contributed by atoms with Gasteiger partial charge in [-0.2, -0.15) is 0 Å². The number of benzene rings is 1. The van der Waals surface area contributed by atoms with E-state index in [0.717, 1.165) is 18.7 Å². The summed E-state index contributed by atoms with van der Waals surface area (Å²) in [5.41, 5.74) is 0.940. The number of halogens is 1. The molecule has 20 heavy (non-hydrogen) atoms. The van der Waals surface area contributed by atoms with Crippen molar-refractivity contribution in [2.75, 3.05) is 11.9 Å². The summed E-state index contributed by atoms with van der Waals surface area (Å²) in [5, 5.41) is 16.2. The first kappa shape index (κ1) is 15.1. The quantitative estimate of drug-likeness (QED) is 0.779. The van der Waals surface area contributed by atoms with Gasteiger partial charge in [0.2, 0.25) is 0 Å². The summed E-state index contributed by atoms with van der Waals surface area (Å²) in [5.74, 6) is -1.000. The number of aromatic carboxylic acids is 1. The van der Waals surface area contributed by atoms with E-state index in [2.05, 4.69) is 17.6 Å². The summed E-state index contributed by atoms with van der Waals surface area (Å²) < 4.78 is 0. The van der Waals surface area contributed by atoms with E-state index in [1.165, 1.54) is 19.3 Å². The first-order chi connectivity index (χ1) is 9.56. The van der Waals surface area contributed by atoms with Crippen molar-refractivity contribution in [2.24, 2.45) is 0 Å².